The number of thiophene rings is 1. The smallest absolute Gasteiger partial charge is 0.193 e. The minimum Gasteiger partial charge on any atom is -0.361 e. The summed E-state index contributed by atoms with van der Waals surface area (Å²) >= 11 is 1.80. The summed E-state index contributed by atoms with van der Waals surface area (Å²) in [6, 6.07) is 4.28. The van der Waals surface area contributed by atoms with E-state index in [4.69, 9.17) is 9.52 Å². The number of aromatic nitrogens is 1. The highest BCUT2D eigenvalue weighted by molar-refractivity contribution is 7.09. The van der Waals surface area contributed by atoms with Crippen LogP contribution in [0.2, 0.25) is 0 Å². The minimum absolute atomic E-state index is 0.731. The molecule has 2 aromatic rings. The second-order valence-corrected chi connectivity index (χ2v) is 6.57. The second-order valence-electron chi connectivity index (χ2n) is 5.54. The lowest BCUT2D eigenvalue weighted by Crippen LogP contribution is -2.40. The van der Waals surface area contributed by atoms with E-state index >= 15 is 0 Å². The van der Waals surface area contributed by atoms with Crippen molar-refractivity contribution in [3.05, 3.63) is 39.4 Å². The molecule has 0 radical (unpaired) electrons. The Balaban J connectivity index is 1.90. The van der Waals surface area contributed by atoms with Crippen LogP contribution in [0.3, 0.4) is 0 Å². The molecule has 0 aromatic carbocycles. The van der Waals surface area contributed by atoms with E-state index in [1.54, 1.807) is 11.3 Å². The summed E-state index contributed by atoms with van der Waals surface area (Å²) in [6.45, 7) is 8.59. The highest BCUT2D eigenvalue weighted by Gasteiger charge is 2.09. The molecule has 0 fully saturated rings. The Bertz CT molecular complexity index is 599. The summed E-state index contributed by atoms with van der Waals surface area (Å²) < 4.78 is 5.20. The lowest BCUT2D eigenvalue weighted by Gasteiger charge is -2.21. The molecule has 126 valence electrons. The zero-order chi connectivity index (χ0) is 16.7. The standard InChI is InChI=1S/C17H26N4OS/c1-5-18-17(21(4)11-9-15-7-6-12-23-15)19-10-8-16-13(2)20-22-14(16)3/h6-7,12H,5,8-11H2,1-4H3,(H,18,19). The van der Waals surface area contributed by atoms with Gasteiger partial charge in [-0.25, -0.2) is 0 Å². The highest BCUT2D eigenvalue weighted by atomic mass is 32.1. The van der Waals surface area contributed by atoms with Crippen LogP contribution >= 0.6 is 11.3 Å². The highest BCUT2D eigenvalue weighted by Crippen LogP contribution is 2.13. The summed E-state index contributed by atoms with van der Waals surface area (Å²) in [6.07, 6.45) is 1.90. The van der Waals surface area contributed by atoms with Crippen LogP contribution in [0.25, 0.3) is 0 Å². The third-order valence-electron chi connectivity index (χ3n) is 3.77. The van der Waals surface area contributed by atoms with E-state index in [1.165, 1.54) is 10.4 Å². The maximum absolute atomic E-state index is 5.20. The third kappa shape index (κ3) is 5.10. The first-order chi connectivity index (χ1) is 11.1. The maximum atomic E-state index is 5.20. The molecule has 0 saturated carbocycles. The Labute approximate surface area is 142 Å². The largest absolute Gasteiger partial charge is 0.361 e. The van der Waals surface area contributed by atoms with Crippen molar-refractivity contribution in [3.63, 3.8) is 0 Å². The summed E-state index contributed by atoms with van der Waals surface area (Å²) in [7, 11) is 2.09. The van der Waals surface area contributed by atoms with E-state index in [-0.39, 0.29) is 0 Å². The van der Waals surface area contributed by atoms with Crippen LogP contribution in [0.15, 0.2) is 27.0 Å². The van der Waals surface area contributed by atoms with Gasteiger partial charge in [0.2, 0.25) is 0 Å². The molecule has 6 heteroatoms. The minimum atomic E-state index is 0.731. The van der Waals surface area contributed by atoms with E-state index < -0.39 is 0 Å². The molecule has 0 aliphatic carbocycles. The van der Waals surface area contributed by atoms with E-state index in [0.29, 0.717) is 0 Å². The molecular weight excluding hydrogens is 308 g/mol. The Morgan fingerprint density at radius 1 is 1.39 bits per heavy atom. The molecule has 0 aliphatic heterocycles. The van der Waals surface area contributed by atoms with Crippen LogP contribution in [0.5, 0.6) is 0 Å². The molecule has 5 nitrogen and oxygen atoms in total. The fraction of sp³-hybridized carbons (Fsp3) is 0.529. The van der Waals surface area contributed by atoms with Crippen molar-refractivity contribution < 1.29 is 4.52 Å². The van der Waals surface area contributed by atoms with Gasteiger partial charge in [0.05, 0.1) is 5.69 Å². The second kappa shape index (κ2) is 8.72. The lowest BCUT2D eigenvalue weighted by molar-refractivity contribution is 0.392. The molecule has 0 unspecified atom stereocenters. The number of aliphatic imine (C=N–C) groups is 1. The van der Waals surface area contributed by atoms with Gasteiger partial charge >= 0.3 is 0 Å². The van der Waals surface area contributed by atoms with Gasteiger partial charge in [0, 0.05) is 37.1 Å². The van der Waals surface area contributed by atoms with Crippen molar-refractivity contribution in [2.75, 3.05) is 26.7 Å². The molecular formula is C17H26N4OS. The monoisotopic (exact) mass is 334 g/mol. The first-order valence-corrected chi connectivity index (χ1v) is 8.93. The summed E-state index contributed by atoms with van der Waals surface area (Å²) in [4.78, 5) is 8.33. The van der Waals surface area contributed by atoms with Crippen molar-refractivity contribution >= 4 is 17.3 Å². The normalized spacial score (nSPS) is 11.7. The molecule has 2 aromatic heterocycles. The van der Waals surface area contributed by atoms with Gasteiger partial charge in [-0.05, 0) is 45.1 Å². The van der Waals surface area contributed by atoms with Gasteiger partial charge in [0.25, 0.3) is 0 Å². The van der Waals surface area contributed by atoms with Crippen molar-refractivity contribution in [1.29, 1.82) is 0 Å². The predicted octanol–water partition coefficient (Wildman–Crippen LogP) is 3.04. The Kier molecular flexibility index (Phi) is 6.65. The van der Waals surface area contributed by atoms with Gasteiger partial charge in [-0.1, -0.05) is 11.2 Å². The number of nitrogens with zero attached hydrogens (tertiary/aromatic N) is 3. The average molecular weight is 334 g/mol. The van der Waals surface area contributed by atoms with E-state index in [9.17, 15) is 0 Å². The Morgan fingerprint density at radius 3 is 2.83 bits per heavy atom. The molecule has 1 N–H and O–H groups in total. The van der Waals surface area contributed by atoms with Crippen LogP contribution in [-0.4, -0.2) is 42.7 Å². The van der Waals surface area contributed by atoms with E-state index in [1.807, 2.05) is 13.8 Å². The van der Waals surface area contributed by atoms with Gasteiger partial charge < -0.3 is 14.7 Å². The molecule has 0 bridgehead atoms. The van der Waals surface area contributed by atoms with Crippen LogP contribution in [-0.2, 0) is 12.8 Å². The summed E-state index contributed by atoms with van der Waals surface area (Å²) in [5.74, 6) is 1.85. The SMILES string of the molecule is CCNC(=NCCc1c(C)noc1C)N(C)CCc1cccs1. The fourth-order valence-corrected chi connectivity index (χ4v) is 3.14. The van der Waals surface area contributed by atoms with Crippen LogP contribution in [0.4, 0.5) is 0 Å². The number of nitrogens with one attached hydrogen (secondary N) is 1. The van der Waals surface area contributed by atoms with Crippen LogP contribution in [0, 0.1) is 13.8 Å². The predicted molar refractivity (Wildman–Crippen MR) is 96.3 cm³/mol. The molecule has 0 spiro atoms. The van der Waals surface area contributed by atoms with Crippen molar-refractivity contribution in [2.24, 2.45) is 4.99 Å². The Morgan fingerprint density at radius 2 is 2.22 bits per heavy atom. The van der Waals surface area contributed by atoms with Crippen molar-refractivity contribution in [3.8, 4) is 0 Å². The summed E-state index contributed by atoms with van der Waals surface area (Å²) in [5, 5.41) is 9.48. The van der Waals surface area contributed by atoms with Crippen molar-refractivity contribution in [1.82, 2.24) is 15.4 Å². The zero-order valence-electron chi connectivity index (χ0n) is 14.4. The van der Waals surface area contributed by atoms with Crippen LogP contribution < -0.4 is 5.32 Å². The number of hydrogen-bond donors (Lipinski definition) is 1. The van der Waals surface area contributed by atoms with Gasteiger partial charge in [0.1, 0.15) is 5.76 Å². The molecule has 0 atom stereocenters. The first-order valence-electron chi connectivity index (χ1n) is 8.05. The molecule has 0 saturated heterocycles. The van der Waals surface area contributed by atoms with E-state index in [0.717, 1.165) is 49.9 Å². The quantitative estimate of drug-likeness (QED) is 0.625. The number of guanidine groups is 1. The zero-order valence-corrected chi connectivity index (χ0v) is 15.2. The van der Waals surface area contributed by atoms with Crippen molar-refractivity contribution in [2.45, 2.75) is 33.6 Å². The summed E-state index contributed by atoms with van der Waals surface area (Å²) in [5.41, 5.74) is 2.14. The molecule has 2 rings (SSSR count). The molecule has 0 aliphatic rings. The number of likely N-dealkylation sites (N-methyl/N-ethyl adjacent to an activating group) is 1. The molecule has 0 amide bonds. The maximum Gasteiger partial charge on any atom is 0.193 e. The van der Waals surface area contributed by atoms with E-state index in [2.05, 4.69) is 46.9 Å². The van der Waals surface area contributed by atoms with Crippen LogP contribution in [0.1, 0.15) is 28.8 Å². The number of rotatable bonds is 7. The number of aryl methyl sites for hydroxylation is 2. The van der Waals surface area contributed by atoms with Gasteiger partial charge in [-0.3, -0.25) is 4.99 Å². The number of hydrogen-bond acceptors (Lipinski definition) is 4. The Hall–Kier alpha value is -1.82. The molecule has 2 heterocycles. The fourth-order valence-electron chi connectivity index (χ4n) is 2.44. The average Bonchev–Trinajstić information content (AvgIpc) is 3.16. The van der Waals surface area contributed by atoms with Gasteiger partial charge in [-0.15, -0.1) is 11.3 Å². The molecule has 23 heavy (non-hydrogen) atoms. The third-order valence-corrected chi connectivity index (χ3v) is 4.71. The van der Waals surface area contributed by atoms with Gasteiger partial charge in [0.15, 0.2) is 5.96 Å². The van der Waals surface area contributed by atoms with Gasteiger partial charge in [-0.2, -0.15) is 0 Å². The lowest BCUT2D eigenvalue weighted by atomic mass is 10.1. The first kappa shape index (κ1) is 17.5. The topological polar surface area (TPSA) is 53.7 Å².